The molecule has 2 heterocycles. The number of primary amides is 1. The number of carbonyl (C=O) groups is 2. The minimum absolute atomic E-state index is 0.0778. The number of benzene rings is 2. The Bertz CT molecular complexity index is 1220. The Balaban J connectivity index is 1.42. The van der Waals surface area contributed by atoms with Gasteiger partial charge in [0.25, 0.3) is 0 Å². The van der Waals surface area contributed by atoms with E-state index in [0.717, 1.165) is 28.9 Å². The van der Waals surface area contributed by atoms with E-state index in [-0.39, 0.29) is 29.6 Å². The molecular formula is C26H27ClN4O3. The summed E-state index contributed by atoms with van der Waals surface area (Å²) in [6, 6.07) is 15.5. The van der Waals surface area contributed by atoms with Gasteiger partial charge in [0.05, 0.1) is 23.5 Å². The highest BCUT2D eigenvalue weighted by molar-refractivity contribution is 6.32. The van der Waals surface area contributed by atoms with Gasteiger partial charge >= 0.3 is 0 Å². The number of likely N-dealkylation sites (tertiary alicyclic amines) is 1. The molecule has 176 valence electrons. The molecule has 2 N–H and O–H groups in total. The average Bonchev–Trinajstić information content (AvgIpc) is 3.54. The maximum absolute atomic E-state index is 13.2. The zero-order valence-electron chi connectivity index (χ0n) is 19.0. The highest BCUT2D eigenvalue weighted by Gasteiger charge is 2.48. The summed E-state index contributed by atoms with van der Waals surface area (Å²) in [6.45, 7) is 1.17. The van der Waals surface area contributed by atoms with Gasteiger partial charge in [0.15, 0.2) is 0 Å². The van der Waals surface area contributed by atoms with E-state index in [2.05, 4.69) is 0 Å². The molecule has 1 aromatic heterocycles. The maximum atomic E-state index is 13.2. The van der Waals surface area contributed by atoms with Crippen LogP contribution >= 0.6 is 11.6 Å². The van der Waals surface area contributed by atoms with Gasteiger partial charge < -0.3 is 15.4 Å². The summed E-state index contributed by atoms with van der Waals surface area (Å²) in [7, 11) is 1.59. The van der Waals surface area contributed by atoms with Crippen LogP contribution in [0.1, 0.15) is 30.7 Å². The normalized spacial score (nSPS) is 20.2. The molecule has 0 bridgehead atoms. The number of piperidine rings is 1. The Morgan fingerprint density at radius 1 is 1.12 bits per heavy atom. The summed E-state index contributed by atoms with van der Waals surface area (Å²) in [5.74, 6) is 0.371. The highest BCUT2D eigenvalue weighted by Crippen LogP contribution is 2.51. The van der Waals surface area contributed by atoms with E-state index in [1.165, 1.54) is 0 Å². The van der Waals surface area contributed by atoms with E-state index < -0.39 is 0 Å². The fourth-order valence-corrected chi connectivity index (χ4v) is 5.10. The number of halogens is 1. The van der Waals surface area contributed by atoms with Crippen molar-refractivity contribution in [1.29, 1.82) is 0 Å². The first-order valence-corrected chi connectivity index (χ1v) is 11.9. The maximum Gasteiger partial charge on any atom is 0.226 e. The first-order chi connectivity index (χ1) is 16.5. The van der Waals surface area contributed by atoms with Gasteiger partial charge in [0, 0.05) is 48.2 Å². The van der Waals surface area contributed by atoms with E-state index in [0.29, 0.717) is 36.7 Å². The van der Waals surface area contributed by atoms with Gasteiger partial charge in [0.1, 0.15) is 5.75 Å². The largest absolute Gasteiger partial charge is 0.495 e. The SMILES string of the molecule is COc1ccc(-c2nn(-c3ccccc3)cc2C2CC2C(=O)N2CCC(C(N)=O)CC2)cc1Cl. The van der Waals surface area contributed by atoms with E-state index in [9.17, 15) is 9.59 Å². The van der Waals surface area contributed by atoms with Crippen LogP contribution in [-0.4, -0.2) is 46.7 Å². The van der Waals surface area contributed by atoms with Gasteiger partial charge in [-0.1, -0.05) is 29.8 Å². The molecule has 2 amide bonds. The minimum Gasteiger partial charge on any atom is -0.495 e. The summed E-state index contributed by atoms with van der Waals surface area (Å²) in [5, 5.41) is 5.40. The number of carbonyl (C=O) groups excluding carboxylic acids is 2. The second-order valence-corrected chi connectivity index (χ2v) is 9.42. The molecule has 2 unspecified atom stereocenters. The summed E-state index contributed by atoms with van der Waals surface area (Å²) in [4.78, 5) is 26.6. The number of hydrogen-bond donors (Lipinski definition) is 1. The molecule has 2 aliphatic rings. The summed E-state index contributed by atoms with van der Waals surface area (Å²) in [6.07, 6.45) is 4.09. The zero-order chi connectivity index (χ0) is 23.8. The molecule has 1 aliphatic heterocycles. The van der Waals surface area contributed by atoms with E-state index in [1.807, 2.05) is 64.3 Å². The van der Waals surface area contributed by atoms with Crippen molar-refractivity contribution in [3.63, 3.8) is 0 Å². The van der Waals surface area contributed by atoms with Crippen molar-refractivity contribution in [3.05, 3.63) is 65.3 Å². The molecular weight excluding hydrogens is 452 g/mol. The summed E-state index contributed by atoms with van der Waals surface area (Å²) in [5.41, 5.74) is 9.13. The van der Waals surface area contributed by atoms with Crippen LogP contribution in [-0.2, 0) is 9.59 Å². The van der Waals surface area contributed by atoms with Gasteiger partial charge in [-0.3, -0.25) is 9.59 Å². The molecule has 1 saturated heterocycles. The number of nitrogens with zero attached hydrogens (tertiary/aromatic N) is 3. The van der Waals surface area contributed by atoms with Gasteiger partial charge in [0.2, 0.25) is 11.8 Å². The Kier molecular flexibility index (Phi) is 6.04. The lowest BCUT2D eigenvalue weighted by atomic mass is 9.96. The molecule has 2 aromatic carbocycles. The van der Waals surface area contributed by atoms with Gasteiger partial charge in [-0.15, -0.1) is 0 Å². The van der Waals surface area contributed by atoms with Crippen molar-refractivity contribution in [2.24, 2.45) is 17.6 Å². The minimum atomic E-state index is -0.271. The number of ether oxygens (including phenoxy) is 1. The number of amides is 2. The molecule has 1 aliphatic carbocycles. The average molecular weight is 479 g/mol. The second-order valence-electron chi connectivity index (χ2n) is 9.01. The van der Waals surface area contributed by atoms with E-state index in [4.69, 9.17) is 27.2 Å². The molecule has 2 atom stereocenters. The molecule has 7 nitrogen and oxygen atoms in total. The topological polar surface area (TPSA) is 90.5 Å². The molecule has 0 spiro atoms. The third-order valence-corrected chi connectivity index (χ3v) is 7.20. The van der Waals surface area contributed by atoms with Crippen molar-refractivity contribution in [2.75, 3.05) is 20.2 Å². The zero-order valence-corrected chi connectivity index (χ0v) is 19.7. The number of para-hydroxylation sites is 1. The van der Waals surface area contributed by atoms with Crippen LogP contribution in [0.25, 0.3) is 16.9 Å². The van der Waals surface area contributed by atoms with Crippen LogP contribution < -0.4 is 10.5 Å². The molecule has 0 radical (unpaired) electrons. The lowest BCUT2D eigenvalue weighted by Crippen LogP contribution is -2.42. The van der Waals surface area contributed by atoms with Crippen molar-refractivity contribution >= 4 is 23.4 Å². The van der Waals surface area contributed by atoms with Crippen LogP contribution in [0.5, 0.6) is 5.75 Å². The van der Waals surface area contributed by atoms with Crippen molar-refractivity contribution in [1.82, 2.24) is 14.7 Å². The Morgan fingerprint density at radius 2 is 1.85 bits per heavy atom. The van der Waals surface area contributed by atoms with E-state index >= 15 is 0 Å². The van der Waals surface area contributed by atoms with Crippen LogP contribution in [0, 0.1) is 11.8 Å². The van der Waals surface area contributed by atoms with Crippen LogP contribution in [0.4, 0.5) is 0 Å². The first-order valence-electron chi connectivity index (χ1n) is 11.5. The molecule has 34 heavy (non-hydrogen) atoms. The number of hydrogen-bond acceptors (Lipinski definition) is 4. The Hall–Kier alpha value is -3.32. The standard InChI is InChI=1S/C26H27ClN4O3/c1-34-23-8-7-17(13-22(23)27)24-21(15-31(29-24)18-5-3-2-4-6-18)19-14-20(19)26(33)30-11-9-16(10-12-30)25(28)32/h2-8,13,15-16,19-20H,9-12,14H2,1H3,(H2,28,32). The van der Waals surface area contributed by atoms with Gasteiger partial charge in [-0.25, -0.2) is 4.68 Å². The van der Waals surface area contributed by atoms with E-state index in [1.54, 1.807) is 7.11 Å². The van der Waals surface area contributed by atoms with Gasteiger partial charge in [-0.2, -0.15) is 5.10 Å². The Labute approximate surface area is 203 Å². The van der Waals surface area contributed by atoms with Crippen LogP contribution in [0.3, 0.4) is 0 Å². The lowest BCUT2D eigenvalue weighted by molar-refractivity contribution is -0.136. The molecule has 8 heteroatoms. The van der Waals surface area contributed by atoms with Crippen molar-refractivity contribution < 1.29 is 14.3 Å². The highest BCUT2D eigenvalue weighted by atomic mass is 35.5. The molecule has 2 fully saturated rings. The van der Waals surface area contributed by atoms with Crippen LogP contribution in [0.15, 0.2) is 54.7 Å². The third-order valence-electron chi connectivity index (χ3n) is 6.90. The number of methoxy groups -OCH3 is 1. The number of rotatable bonds is 6. The fraction of sp³-hybridized carbons (Fsp3) is 0.346. The van der Waals surface area contributed by atoms with Crippen molar-refractivity contribution in [3.8, 4) is 22.7 Å². The lowest BCUT2D eigenvalue weighted by Gasteiger charge is -2.30. The predicted octanol–water partition coefficient (Wildman–Crippen LogP) is 4.03. The molecule has 1 saturated carbocycles. The number of aromatic nitrogens is 2. The molecule has 5 rings (SSSR count). The summed E-state index contributed by atoms with van der Waals surface area (Å²) < 4.78 is 7.16. The Morgan fingerprint density at radius 3 is 2.50 bits per heavy atom. The van der Waals surface area contributed by atoms with Gasteiger partial charge in [-0.05, 0) is 49.6 Å². The van der Waals surface area contributed by atoms with Crippen molar-refractivity contribution in [2.45, 2.75) is 25.2 Å². The predicted molar refractivity (Wildman–Crippen MR) is 130 cm³/mol. The fourth-order valence-electron chi connectivity index (χ4n) is 4.84. The number of nitrogens with two attached hydrogens (primary N) is 1. The quantitative estimate of drug-likeness (QED) is 0.579. The third kappa shape index (κ3) is 4.28. The summed E-state index contributed by atoms with van der Waals surface area (Å²) >= 11 is 6.41. The van der Waals surface area contributed by atoms with Crippen LogP contribution in [0.2, 0.25) is 5.02 Å². The second kappa shape index (κ2) is 9.14. The first kappa shape index (κ1) is 22.5. The monoisotopic (exact) mass is 478 g/mol. The molecule has 3 aromatic rings. The smallest absolute Gasteiger partial charge is 0.226 e.